The molecule has 0 aliphatic rings. The third-order valence-electron chi connectivity index (χ3n) is 3.20. The number of benzene rings is 1. The van der Waals surface area contributed by atoms with Crippen LogP contribution in [-0.4, -0.2) is 9.55 Å². The Kier molecular flexibility index (Phi) is 4.71. The van der Waals surface area contributed by atoms with E-state index in [0.29, 0.717) is 0 Å². The molecule has 0 aliphatic heterocycles. The van der Waals surface area contributed by atoms with Crippen LogP contribution >= 0.6 is 0 Å². The average molecular weight is 244 g/mol. The zero-order valence-electron chi connectivity index (χ0n) is 12.6. The molecule has 0 unspecified atom stereocenters. The summed E-state index contributed by atoms with van der Waals surface area (Å²) >= 11 is 0. The van der Waals surface area contributed by atoms with Crippen LogP contribution in [0, 0.1) is 6.92 Å². The van der Waals surface area contributed by atoms with Gasteiger partial charge in [0.1, 0.15) is 5.82 Å². The number of hydrogen-bond donors (Lipinski definition) is 0. The largest absolute Gasteiger partial charge is 0.327 e. The molecule has 0 saturated heterocycles. The van der Waals surface area contributed by atoms with Gasteiger partial charge in [-0.2, -0.15) is 0 Å². The molecule has 0 N–H and O–H groups in total. The minimum atomic E-state index is 1.07. The Bertz CT molecular complexity index is 570. The number of imidazole rings is 1. The second-order valence-electron chi connectivity index (χ2n) is 4.56. The number of allylic oxidation sites excluding steroid dienone is 2. The first kappa shape index (κ1) is 14.5. The van der Waals surface area contributed by atoms with Crippen molar-refractivity contribution in [3.63, 3.8) is 0 Å². The third kappa shape index (κ3) is 2.47. The molecule has 1 aromatic heterocycles. The summed E-state index contributed by atoms with van der Waals surface area (Å²) in [5.74, 6) is 1.07. The lowest BCUT2D eigenvalue weighted by molar-refractivity contribution is 0.917. The van der Waals surface area contributed by atoms with Gasteiger partial charge in [-0.25, -0.2) is 4.98 Å². The molecule has 2 aromatic rings. The number of aryl methyl sites for hydroxylation is 2. The molecule has 98 valence electrons. The summed E-state index contributed by atoms with van der Waals surface area (Å²) in [5.41, 5.74) is 6.13. The number of para-hydroxylation sites is 1. The molecular formula is C16H24N2. The van der Waals surface area contributed by atoms with Crippen molar-refractivity contribution in [1.29, 1.82) is 0 Å². The first-order chi connectivity index (χ1) is 8.52. The summed E-state index contributed by atoms with van der Waals surface area (Å²) in [4.78, 5) is 4.74. The van der Waals surface area contributed by atoms with E-state index >= 15 is 0 Å². The first-order valence-corrected chi connectivity index (χ1v) is 6.59. The second kappa shape index (κ2) is 5.85. The average Bonchev–Trinajstić information content (AvgIpc) is 2.70. The van der Waals surface area contributed by atoms with Gasteiger partial charge in [-0.1, -0.05) is 31.6 Å². The fourth-order valence-electron chi connectivity index (χ4n) is 1.91. The Balaban J connectivity index is 0.000000771. The highest BCUT2D eigenvalue weighted by Gasteiger charge is 2.10. The third-order valence-corrected chi connectivity index (χ3v) is 3.20. The molecule has 0 aliphatic carbocycles. The highest BCUT2D eigenvalue weighted by atomic mass is 15.1. The summed E-state index contributed by atoms with van der Waals surface area (Å²) in [6.45, 7) is 12.5. The topological polar surface area (TPSA) is 17.8 Å². The highest BCUT2D eigenvalue weighted by Crippen LogP contribution is 2.24. The van der Waals surface area contributed by atoms with Crippen LogP contribution in [0.5, 0.6) is 0 Å². The number of nitrogens with zero attached hydrogens (tertiary/aromatic N) is 2. The maximum Gasteiger partial charge on any atom is 0.136 e. The SMILES string of the molecule is CC.CC(C)=C(C)c1nc2c(C)cccc2n1C. The Morgan fingerprint density at radius 1 is 1.11 bits per heavy atom. The maximum absolute atomic E-state index is 4.74. The molecule has 2 rings (SSSR count). The van der Waals surface area contributed by atoms with Gasteiger partial charge in [0.25, 0.3) is 0 Å². The van der Waals surface area contributed by atoms with Crippen LogP contribution in [0.3, 0.4) is 0 Å². The standard InChI is InChI=1S/C14H18N2.C2H6/c1-9(2)11(4)14-15-13-10(3)7-6-8-12(13)16(14)5;1-2/h6-8H,1-5H3;1-2H3. The van der Waals surface area contributed by atoms with Crippen LogP contribution in [0.25, 0.3) is 16.6 Å². The summed E-state index contributed by atoms with van der Waals surface area (Å²) < 4.78 is 2.17. The van der Waals surface area contributed by atoms with Gasteiger partial charge < -0.3 is 4.57 Å². The summed E-state index contributed by atoms with van der Waals surface area (Å²) in [6, 6.07) is 6.31. The molecule has 0 amide bonds. The van der Waals surface area contributed by atoms with Gasteiger partial charge in [0.15, 0.2) is 0 Å². The molecule has 18 heavy (non-hydrogen) atoms. The number of hydrogen-bond acceptors (Lipinski definition) is 1. The van der Waals surface area contributed by atoms with Crippen molar-refractivity contribution in [3.8, 4) is 0 Å². The predicted molar refractivity (Wildman–Crippen MR) is 80.7 cm³/mol. The lowest BCUT2D eigenvalue weighted by atomic mass is 10.2. The van der Waals surface area contributed by atoms with Gasteiger partial charge in [-0.15, -0.1) is 0 Å². The van der Waals surface area contributed by atoms with Gasteiger partial charge in [0.05, 0.1) is 11.0 Å². The van der Waals surface area contributed by atoms with E-state index in [2.05, 4.69) is 57.5 Å². The zero-order valence-corrected chi connectivity index (χ0v) is 12.6. The highest BCUT2D eigenvalue weighted by molar-refractivity contribution is 5.82. The summed E-state index contributed by atoms with van der Waals surface area (Å²) in [6.07, 6.45) is 0. The van der Waals surface area contributed by atoms with E-state index in [4.69, 9.17) is 4.98 Å². The van der Waals surface area contributed by atoms with Crippen molar-refractivity contribution in [1.82, 2.24) is 9.55 Å². The van der Waals surface area contributed by atoms with E-state index in [9.17, 15) is 0 Å². The van der Waals surface area contributed by atoms with Crippen LogP contribution < -0.4 is 0 Å². The predicted octanol–water partition coefficient (Wildman–Crippen LogP) is 4.72. The van der Waals surface area contributed by atoms with Crippen LogP contribution in [0.2, 0.25) is 0 Å². The van der Waals surface area contributed by atoms with E-state index < -0.39 is 0 Å². The van der Waals surface area contributed by atoms with E-state index in [-0.39, 0.29) is 0 Å². The maximum atomic E-state index is 4.74. The fraction of sp³-hybridized carbons (Fsp3) is 0.438. The van der Waals surface area contributed by atoms with Gasteiger partial charge in [0, 0.05) is 7.05 Å². The number of aromatic nitrogens is 2. The summed E-state index contributed by atoms with van der Waals surface area (Å²) in [7, 11) is 2.08. The lowest BCUT2D eigenvalue weighted by Gasteiger charge is -2.04. The minimum absolute atomic E-state index is 1.07. The van der Waals surface area contributed by atoms with Crippen molar-refractivity contribution in [2.75, 3.05) is 0 Å². The molecule has 0 radical (unpaired) electrons. The Labute approximate surface area is 110 Å². The van der Waals surface area contributed by atoms with Crippen LogP contribution in [-0.2, 0) is 7.05 Å². The minimum Gasteiger partial charge on any atom is -0.327 e. The van der Waals surface area contributed by atoms with E-state index in [0.717, 1.165) is 11.3 Å². The molecule has 0 saturated carbocycles. The van der Waals surface area contributed by atoms with Crippen molar-refractivity contribution >= 4 is 16.6 Å². The molecular weight excluding hydrogens is 220 g/mol. The van der Waals surface area contributed by atoms with E-state index in [1.165, 1.54) is 22.2 Å². The van der Waals surface area contributed by atoms with E-state index in [1.54, 1.807) is 0 Å². The van der Waals surface area contributed by atoms with Crippen molar-refractivity contribution in [2.24, 2.45) is 7.05 Å². The van der Waals surface area contributed by atoms with Gasteiger partial charge in [-0.05, 0) is 44.9 Å². The molecule has 2 nitrogen and oxygen atoms in total. The molecule has 1 heterocycles. The molecule has 0 bridgehead atoms. The van der Waals surface area contributed by atoms with Crippen molar-refractivity contribution in [2.45, 2.75) is 41.5 Å². The smallest absolute Gasteiger partial charge is 0.136 e. The quantitative estimate of drug-likeness (QED) is 0.709. The normalized spacial score (nSPS) is 9.94. The van der Waals surface area contributed by atoms with E-state index in [1.807, 2.05) is 13.8 Å². The monoisotopic (exact) mass is 244 g/mol. The Morgan fingerprint density at radius 2 is 1.72 bits per heavy atom. The molecule has 2 heteroatoms. The summed E-state index contributed by atoms with van der Waals surface area (Å²) in [5, 5.41) is 0. The second-order valence-corrected chi connectivity index (χ2v) is 4.56. The molecule has 1 aromatic carbocycles. The van der Waals surface area contributed by atoms with Gasteiger partial charge >= 0.3 is 0 Å². The molecule has 0 spiro atoms. The van der Waals surface area contributed by atoms with Gasteiger partial charge in [-0.3, -0.25) is 0 Å². The van der Waals surface area contributed by atoms with Crippen LogP contribution in [0.15, 0.2) is 23.8 Å². The molecule has 0 atom stereocenters. The fourth-order valence-corrected chi connectivity index (χ4v) is 1.91. The van der Waals surface area contributed by atoms with Crippen LogP contribution in [0.1, 0.15) is 46.0 Å². The number of fused-ring (bicyclic) bond motifs is 1. The lowest BCUT2D eigenvalue weighted by Crippen LogP contribution is -1.96. The first-order valence-electron chi connectivity index (χ1n) is 6.59. The number of rotatable bonds is 1. The Morgan fingerprint density at radius 3 is 2.22 bits per heavy atom. The molecule has 0 fully saturated rings. The Hall–Kier alpha value is -1.57. The van der Waals surface area contributed by atoms with Gasteiger partial charge in [0.2, 0.25) is 0 Å². The van der Waals surface area contributed by atoms with Crippen molar-refractivity contribution < 1.29 is 0 Å². The van der Waals surface area contributed by atoms with Crippen LogP contribution in [0.4, 0.5) is 0 Å². The van der Waals surface area contributed by atoms with Crippen molar-refractivity contribution in [3.05, 3.63) is 35.2 Å². The zero-order chi connectivity index (χ0) is 13.9.